The fourth-order valence-electron chi connectivity index (χ4n) is 1.97. The summed E-state index contributed by atoms with van der Waals surface area (Å²) in [5, 5.41) is 3.36. The van der Waals surface area contributed by atoms with Gasteiger partial charge in [-0.05, 0) is 38.3 Å². The Labute approximate surface area is 120 Å². The fourth-order valence-corrected chi connectivity index (χ4v) is 2.22. The van der Waals surface area contributed by atoms with Crippen LogP contribution in [0.2, 0.25) is 5.15 Å². The minimum Gasteiger partial charge on any atom is -0.350 e. The molecule has 0 aliphatic heterocycles. The van der Waals surface area contributed by atoms with Crippen LogP contribution < -0.4 is 5.32 Å². The third-order valence-corrected chi connectivity index (χ3v) is 3.17. The maximum atomic E-state index is 12.1. The molecule has 0 fully saturated rings. The van der Waals surface area contributed by atoms with Gasteiger partial charge in [0.1, 0.15) is 5.15 Å². The molecular formula is C15H23ClN2O. The molecule has 1 amide bonds. The van der Waals surface area contributed by atoms with Crippen LogP contribution in [0.1, 0.15) is 56.1 Å². The summed E-state index contributed by atoms with van der Waals surface area (Å²) in [6, 6.07) is 3.53. The van der Waals surface area contributed by atoms with Crippen LogP contribution in [0, 0.1) is 12.8 Å². The van der Waals surface area contributed by atoms with Crippen molar-refractivity contribution in [3.8, 4) is 0 Å². The quantitative estimate of drug-likeness (QED) is 0.802. The molecule has 1 aromatic heterocycles. The molecule has 0 aromatic carbocycles. The molecule has 3 nitrogen and oxygen atoms in total. The second-order valence-corrected chi connectivity index (χ2v) is 5.91. The maximum absolute atomic E-state index is 12.1. The van der Waals surface area contributed by atoms with Crippen LogP contribution in [0.25, 0.3) is 0 Å². The molecule has 0 radical (unpaired) electrons. The van der Waals surface area contributed by atoms with E-state index in [0.717, 1.165) is 18.5 Å². The van der Waals surface area contributed by atoms with E-state index >= 15 is 0 Å². The van der Waals surface area contributed by atoms with Crippen molar-refractivity contribution in [2.45, 2.75) is 53.0 Å². The number of halogens is 1. The van der Waals surface area contributed by atoms with Crippen LogP contribution in [0.3, 0.4) is 0 Å². The van der Waals surface area contributed by atoms with E-state index in [9.17, 15) is 4.79 Å². The van der Waals surface area contributed by atoms with Gasteiger partial charge in [-0.1, -0.05) is 38.3 Å². The fraction of sp³-hybridized carbons (Fsp3) is 0.600. The Morgan fingerprint density at radius 2 is 2.00 bits per heavy atom. The number of rotatable bonds is 6. The van der Waals surface area contributed by atoms with Gasteiger partial charge in [-0.3, -0.25) is 4.79 Å². The van der Waals surface area contributed by atoms with Gasteiger partial charge >= 0.3 is 0 Å². The lowest BCUT2D eigenvalue weighted by Crippen LogP contribution is -2.32. The van der Waals surface area contributed by atoms with Gasteiger partial charge in [0, 0.05) is 17.3 Å². The Kier molecular flexibility index (Phi) is 6.29. The molecule has 0 aliphatic carbocycles. The lowest BCUT2D eigenvalue weighted by atomic mass is 10.0. The largest absolute Gasteiger partial charge is 0.350 e. The van der Waals surface area contributed by atoms with Gasteiger partial charge in [0.25, 0.3) is 5.91 Å². The van der Waals surface area contributed by atoms with Crippen LogP contribution in [-0.2, 0) is 0 Å². The van der Waals surface area contributed by atoms with Crippen LogP contribution in [0.5, 0.6) is 0 Å². The monoisotopic (exact) mass is 282 g/mol. The van der Waals surface area contributed by atoms with Crippen LogP contribution in [0.4, 0.5) is 0 Å². The molecule has 1 rings (SSSR count). The minimum atomic E-state index is -0.0792. The van der Waals surface area contributed by atoms with Crippen molar-refractivity contribution in [1.82, 2.24) is 10.3 Å². The Bertz CT molecular complexity index is 412. The van der Waals surface area contributed by atoms with Crippen LogP contribution >= 0.6 is 11.6 Å². The second-order valence-electron chi connectivity index (χ2n) is 5.52. The van der Waals surface area contributed by atoms with Gasteiger partial charge < -0.3 is 5.32 Å². The molecular weight excluding hydrogens is 260 g/mol. The topological polar surface area (TPSA) is 42.0 Å². The molecule has 0 aliphatic rings. The number of nitrogens with one attached hydrogen (secondary N) is 1. The number of amides is 1. The van der Waals surface area contributed by atoms with E-state index in [1.165, 1.54) is 6.42 Å². The summed E-state index contributed by atoms with van der Waals surface area (Å²) in [5.74, 6) is 0.633. The van der Waals surface area contributed by atoms with E-state index in [-0.39, 0.29) is 11.9 Å². The summed E-state index contributed by atoms with van der Waals surface area (Å²) >= 11 is 5.86. The molecule has 1 heterocycles. The summed E-state index contributed by atoms with van der Waals surface area (Å²) in [6.07, 6.45) is 3.33. The van der Waals surface area contributed by atoms with Gasteiger partial charge in [0.15, 0.2) is 0 Å². The maximum Gasteiger partial charge on any atom is 0.251 e. The van der Waals surface area contributed by atoms with Crippen LogP contribution in [-0.4, -0.2) is 16.9 Å². The van der Waals surface area contributed by atoms with E-state index in [1.807, 2.05) is 13.8 Å². The summed E-state index contributed by atoms with van der Waals surface area (Å²) < 4.78 is 0. The highest BCUT2D eigenvalue weighted by Crippen LogP contribution is 2.12. The van der Waals surface area contributed by atoms with Crippen molar-refractivity contribution < 1.29 is 4.79 Å². The van der Waals surface area contributed by atoms with E-state index in [4.69, 9.17) is 11.6 Å². The zero-order valence-electron chi connectivity index (χ0n) is 12.2. The zero-order chi connectivity index (χ0) is 14.4. The van der Waals surface area contributed by atoms with Crippen molar-refractivity contribution in [2.24, 2.45) is 5.92 Å². The molecule has 106 valence electrons. The normalized spacial score (nSPS) is 12.5. The second kappa shape index (κ2) is 7.49. The first-order chi connectivity index (χ1) is 8.88. The summed E-state index contributed by atoms with van der Waals surface area (Å²) in [4.78, 5) is 16.1. The van der Waals surface area contributed by atoms with Crippen molar-refractivity contribution >= 4 is 17.5 Å². The average molecular weight is 283 g/mol. The Balaban J connectivity index is 2.49. The summed E-state index contributed by atoms with van der Waals surface area (Å²) in [6.45, 7) is 8.29. The van der Waals surface area contributed by atoms with Crippen LogP contribution in [0.15, 0.2) is 12.1 Å². The highest BCUT2D eigenvalue weighted by molar-refractivity contribution is 6.29. The molecule has 0 spiro atoms. The Morgan fingerprint density at radius 3 is 2.58 bits per heavy atom. The SMILES string of the molecule is Cc1cc(C(=O)NC(C)CCCC(C)C)cc(Cl)n1. The standard InChI is InChI=1S/C15H23ClN2O/c1-10(2)6-5-7-11(3)18-15(19)13-8-12(4)17-14(16)9-13/h8-11H,5-7H2,1-4H3,(H,18,19). The van der Waals surface area contributed by atoms with Crippen molar-refractivity contribution in [2.75, 3.05) is 0 Å². The van der Waals surface area contributed by atoms with Crippen molar-refractivity contribution in [3.63, 3.8) is 0 Å². The van der Waals surface area contributed by atoms with E-state index in [2.05, 4.69) is 24.1 Å². The lowest BCUT2D eigenvalue weighted by Gasteiger charge is -2.14. The van der Waals surface area contributed by atoms with Gasteiger partial charge in [-0.25, -0.2) is 4.98 Å². The van der Waals surface area contributed by atoms with E-state index in [0.29, 0.717) is 16.6 Å². The first kappa shape index (κ1) is 16.0. The predicted molar refractivity (Wildman–Crippen MR) is 79.6 cm³/mol. The third kappa shape index (κ3) is 6.06. The van der Waals surface area contributed by atoms with E-state index in [1.54, 1.807) is 12.1 Å². The summed E-state index contributed by atoms with van der Waals surface area (Å²) in [7, 11) is 0. The highest BCUT2D eigenvalue weighted by Gasteiger charge is 2.11. The van der Waals surface area contributed by atoms with Gasteiger partial charge in [-0.2, -0.15) is 0 Å². The molecule has 4 heteroatoms. The molecule has 0 saturated carbocycles. The van der Waals surface area contributed by atoms with E-state index < -0.39 is 0 Å². The number of nitrogens with zero attached hydrogens (tertiary/aromatic N) is 1. The summed E-state index contributed by atoms with van der Waals surface area (Å²) in [5.41, 5.74) is 1.33. The number of hydrogen-bond acceptors (Lipinski definition) is 2. The Hall–Kier alpha value is -1.09. The smallest absolute Gasteiger partial charge is 0.251 e. The molecule has 1 aromatic rings. The third-order valence-electron chi connectivity index (χ3n) is 2.98. The molecule has 1 atom stereocenters. The van der Waals surface area contributed by atoms with Gasteiger partial charge in [0.05, 0.1) is 0 Å². The zero-order valence-corrected chi connectivity index (χ0v) is 12.9. The molecule has 0 bridgehead atoms. The minimum absolute atomic E-state index is 0.0792. The first-order valence-electron chi connectivity index (χ1n) is 6.83. The number of hydrogen-bond donors (Lipinski definition) is 1. The average Bonchev–Trinajstić information content (AvgIpc) is 2.26. The molecule has 19 heavy (non-hydrogen) atoms. The number of pyridine rings is 1. The van der Waals surface area contributed by atoms with Crippen molar-refractivity contribution in [3.05, 3.63) is 28.5 Å². The predicted octanol–water partition coefficient (Wildman–Crippen LogP) is 3.99. The highest BCUT2D eigenvalue weighted by atomic mass is 35.5. The number of carbonyl (C=O) groups excluding carboxylic acids is 1. The van der Waals surface area contributed by atoms with Crippen molar-refractivity contribution in [1.29, 1.82) is 0 Å². The first-order valence-corrected chi connectivity index (χ1v) is 7.21. The lowest BCUT2D eigenvalue weighted by molar-refractivity contribution is 0.0937. The number of carbonyl (C=O) groups is 1. The Morgan fingerprint density at radius 1 is 1.32 bits per heavy atom. The molecule has 0 saturated heterocycles. The van der Waals surface area contributed by atoms with Gasteiger partial charge in [0.2, 0.25) is 0 Å². The number of aryl methyl sites for hydroxylation is 1. The van der Waals surface area contributed by atoms with Gasteiger partial charge in [-0.15, -0.1) is 0 Å². The molecule has 1 N–H and O–H groups in total. The molecule has 1 unspecified atom stereocenters. The number of aromatic nitrogens is 1.